The van der Waals surface area contributed by atoms with Crippen molar-refractivity contribution in [2.24, 2.45) is 4.99 Å². The molecule has 0 aliphatic carbocycles. The summed E-state index contributed by atoms with van der Waals surface area (Å²) in [7, 11) is 2.03. The van der Waals surface area contributed by atoms with Gasteiger partial charge in [-0.2, -0.15) is 0 Å². The zero-order valence-corrected chi connectivity index (χ0v) is 14.4. The molecule has 0 bridgehead atoms. The third kappa shape index (κ3) is 5.91. The monoisotopic (exact) mass is 330 g/mol. The summed E-state index contributed by atoms with van der Waals surface area (Å²) in [6.45, 7) is 4.41. The standard InChI is InChI=1S/C18H23ClN4/c1-3-21-18(22-11-9-15-7-5-10-20-13-15)23(2)14-16-6-4-8-17(19)12-16/h4-8,10,12-13H,3,9,11,14H2,1-2H3,(H,21,22). The molecule has 4 nitrogen and oxygen atoms in total. The molecular weight excluding hydrogens is 308 g/mol. The van der Waals surface area contributed by atoms with Gasteiger partial charge in [0.1, 0.15) is 0 Å². The van der Waals surface area contributed by atoms with Crippen molar-refractivity contribution in [2.45, 2.75) is 19.9 Å². The van der Waals surface area contributed by atoms with Gasteiger partial charge in [0.25, 0.3) is 0 Å². The number of aliphatic imine (C=N–C) groups is 1. The van der Waals surface area contributed by atoms with E-state index >= 15 is 0 Å². The molecule has 1 aromatic heterocycles. The van der Waals surface area contributed by atoms with Gasteiger partial charge in [-0.1, -0.05) is 29.8 Å². The highest BCUT2D eigenvalue weighted by Crippen LogP contribution is 2.12. The Labute approximate surface area is 143 Å². The Morgan fingerprint density at radius 2 is 2.09 bits per heavy atom. The summed E-state index contributed by atoms with van der Waals surface area (Å²) in [6.07, 6.45) is 4.56. The second kappa shape index (κ2) is 9.16. The van der Waals surface area contributed by atoms with Crippen molar-refractivity contribution in [3.8, 4) is 0 Å². The van der Waals surface area contributed by atoms with Crippen LogP contribution in [0, 0.1) is 0 Å². The summed E-state index contributed by atoms with van der Waals surface area (Å²) >= 11 is 6.05. The first-order valence-electron chi connectivity index (χ1n) is 7.82. The zero-order chi connectivity index (χ0) is 16.5. The Kier molecular flexibility index (Phi) is 6.88. The smallest absolute Gasteiger partial charge is 0.193 e. The molecule has 2 rings (SSSR count). The van der Waals surface area contributed by atoms with Crippen molar-refractivity contribution in [3.63, 3.8) is 0 Å². The third-order valence-electron chi connectivity index (χ3n) is 3.39. The van der Waals surface area contributed by atoms with Gasteiger partial charge in [0, 0.05) is 44.1 Å². The average molecular weight is 331 g/mol. The molecule has 0 saturated heterocycles. The molecule has 0 radical (unpaired) electrons. The number of rotatable bonds is 6. The number of nitrogens with zero attached hydrogens (tertiary/aromatic N) is 3. The van der Waals surface area contributed by atoms with Gasteiger partial charge in [0.15, 0.2) is 5.96 Å². The number of guanidine groups is 1. The van der Waals surface area contributed by atoms with Crippen LogP contribution in [-0.2, 0) is 13.0 Å². The first-order valence-corrected chi connectivity index (χ1v) is 8.19. The molecule has 0 aliphatic rings. The Morgan fingerprint density at radius 3 is 2.78 bits per heavy atom. The lowest BCUT2D eigenvalue weighted by Crippen LogP contribution is -2.38. The number of hydrogen-bond donors (Lipinski definition) is 1. The molecule has 5 heteroatoms. The van der Waals surface area contributed by atoms with Crippen LogP contribution >= 0.6 is 11.6 Å². The molecule has 0 unspecified atom stereocenters. The van der Waals surface area contributed by atoms with Gasteiger partial charge in [-0.05, 0) is 42.7 Å². The Hall–Kier alpha value is -2.07. The molecular formula is C18H23ClN4. The van der Waals surface area contributed by atoms with Gasteiger partial charge >= 0.3 is 0 Å². The summed E-state index contributed by atoms with van der Waals surface area (Å²) in [6, 6.07) is 11.9. The van der Waals surface area contributed by atoms with Gasteiger partial charge in [-0.25, -0.2) is 0 Å². The van der Waals surface area contributed by atoms with Crippen molar-refractivity contribution < 1.29 is 0 Å². The molecule has 23 heavy (non-hydrogen) atoms. The normalized spacial score (nSPS) is 11.3. The fraction of sp³-hybridized carbons (Fsp3) is 0.333. The highest BCUT2D eigenvalue weighted by molar-refractivity contribution is 6.30. The van der Waals surface area contributed by atoms with E-state index in [1.807, 2.05) is 37.5 Å². The predicted octanol–water partition coefficient (Wildman–Crippen LogP) is 3.38. The highest BCUT2D eigenvalue weighted by Gasteiger charge is 2.06. The molecule has 1 aromatic carbocycles. The number of hydrogen-bond acceptors (Lipinski definition) is 2. The van der Waals surface area contributed by atoms with Crippen LogP contribution < -0.4 is 5.32 Å². The molecule has 0 spiro atoms. The van der Waals surface area contributed by atoms with Crippen LogP contribution in [0.4, 0.5) is 0 Å². The molecule has 1 N–H and O–H groups in total. The van der Waals surface area contributed by atoms with Gasteiger partial charge in [-0.3, -0.25) is 9.98 Å². The third-order valence-corrected chi connectivity index (χ3v) is 3.63. The highest BCUT2D eigenvalue weighted by atomic mass is 35.5. The summed E-state index contributed by atoms with van der Waals surface area (Å²) in [4.78, 5) is 10.9. The van der Waals surface area contributed by atoms with Crippen LogP contribution in [0.25, 0.3) is 0 Å². The van der Waals surface area contributed by atoms with Gasteiger partial charge in [0.2, 0.25) is 0 Å². The number of halogens is 1. The van der Waals surface area contributed by atoms with E-state index in [2.05, 4.69) is 34.3 Å². The van der Waals surface area contributed by atoms with E-state index in [9.17, 15) is 0 Å². The van der Waals surface area contributed by atoms with E-state index in [1.165, 1.54) is 5.56 Å². The van der Waals surface area contributed by atoms with E-state index in [1.54, 1.807) is 6.20 Å². The van der Waals surface area contributed by atoms with Crippen LogP contribution in [0.15, 0.2) is 53.8 Å². The van der Waals surface area contributed by atoms with E-state index < -0.39 is 0 Å². The largest absolute Gasteiger partial charge is 0.357 e. The van der Waals surface area contributed by atoms with Crippen molar-refractivity contribution in [2.75, 3.05) is 20.1 Å². The van der Waals surface area contributed by atoms with E-state index in [0.717, 1.165) is 42.6 Å². The molecule has 0 saturated carbocycles. The van der Waals surface area contributed by atoms with Crippen molar-refractivity contribution in [3.05, 3.63) is 64.9 Å². The Bertz CT molecular complexity index is 628. The number of nitrogens with one attached hydrogen (secondary N) is 1. The second-order valence-electron chi connectivity index (χ2n) is 5.33. The summed E-state index contributed by atoms with van der Waals surface area (Å²) in [5, 5.41) is 4.09. The maximum Gasteiger partial charge on any atom is 0.193 e. The summed E-state index contributed by atoms with van der Waals surface area (Å²) in [5.74, 6) is 0.899. The predicted molar refractivity (Wildman–Crippen MR) is 96.8 cm³/mol. The first kappa shape index (κ1) is 17.3. The quantitative estimate of drug-likeness (QED) is 0.652. The van der Waals surface area contributed by atoms with Crippen molar-refractivity contribution in [1.29, 1.82) is 0 Å². The molecule has 0 atom stereocenters. The van der Waals surface area contributed by atoms with Crippen LogP contribution in [0.1, 0.15) is 18.1 Å². The fourth-order valence-corrected chi connectivity index (χ4v) is 2.50. The van der Waals surface area contributed by atoms with E-state index in [4.69, 9.17) is 16.6 Å². The molecule has 0 aliphatic heterocycles. The minimum absolute atomic E-state index is 0.730. The van der Waals surface area contributed by atoms with Gasteiger partial charge in [-0.15, -0.1) is 0 Å². The molecule has 0 amide bonds. The van der Waals surface area contributed by atoms with Crippen molar-refractivity contribution >= 4 is 17.6 Å². The molecule has 1 heterocycles. The fourth-order valence-electron chi connectivity index (χ4n) is 2.29. The number of aromatic nitrogens is 1. The maximum atomic E-state index is 6.05. The van der Waals surface area contributed by atoms with E-state index in [0.29, 0.717) is 0 Å². The molecule has 2 aromatic rings. The lowest BCUT2D eigenvalue weighted by Gasteiger charge is -2.22. The Balaban J connectivity index is 1.97. The minimum Gasteiger partial charge on any atom is -0.357 e. The Morgan fingerprint density at radius 1 is 1.26 bits per heavy atom. The average Bonchev–Trinajstić information content (AvgIpc) is 2.55. The lowest BCUT2D eigenvalue weighted by molar-refractivity contribution is 0.477. The molecule has 122 valence electrons. The van der Waals surface area contributed by atoms with Crippen LogP contribution in [0.5, 0.6) is 0 Å². The molecule has 0 fully saturated rings. The van der Waals surface area contributed by atoms with Gasteiger partial charge < -0.3 is 10.2 Å². The summed E-state index contributed by atoms with van der Waals surface area (Å²) in [5.41, 5.74) is 2.36. The topological polar surface area (TPSA) is 40.5 Å². The van der Waals surface area contributed by atoms with E-state index in [-0.39, 0.29) is 0 Å². The maximum absolute atomic E-state index is 6.05. The second-order valence-corrected chi connectivity index (χ2v) is 5.77. The SMILES string of the molecule is CCNC(=NCCc1cccnc1)N(C)Cc1cccc(Cl)c1. The number of pyridine rings is 1. The zero-order valence-electron chi connectivity index (χ0n) is 13.7. The minimum atomic E-state index is 0.730. The summed E-state index contributed by atoms with van der Waals surface area (Å²) < 4.78 is 0. The van der Waals surface area contributed by atoms with Crippen molar-refractivity contribution in [1.82, 2.24) is 15.2 Å². The van der Waals surface area contributed by atoms with Gasteiger partial charge in [0.05, 0.1) is 0 Å². The van der Waals surface area contributed by atoms with Crippen LogP contribution in [0.3, 0.4) is 0 Å². The van der Waals surface area contributed by atoms with Crippen LogP contribution in [-0.4, -0.2) is 36.0 Å². The number of benzene rings is 1. The lowest BCUT2D eigenvalue weighted by atomic mass is 10.2. The first-order chi connectivity index (χ1) is 11.2. The van der Waals surface area contributed by atoms with Crippen LogP contribution in [0.2, 0.25) is 5.02 Å².